The maximum absolute atomic E-state index is 10.4. The lowest BCUT2D eigenvalue weighted by atomic mass is 10.3. The van der Waals surface area contributed by atoms with Gasteiger partial charge in [-0.2, -0.15) is 0 Å². The van der Waals surface area contributed by atoms with E-state index in [1.165, 1.54) is 0 Å². The molecule has 0 bridgehead atoms. The highest BCUT2D eigenvalue weighted by Gasteiger charge is 2.37. The van der Waals surface area contributed by atoms with Gasteiger partial charge in [-0.05, 0) is 0 Å². The van der Waals surface area contributed by atoms with Crippen LogP contribution in [-0.2, 0) is 14.2 Å². The maximum atomic E-state index is 10.4. The lowest BCUT2D eigenvalue weighted by molar-refractivity contribution is -0.143. The van der Waals surface area contributed by atoms with Crippen molar-refractivity contribution < 1.29 is 34.2 Å². The Labute approximate surface area is 74.2 Å². The van der Waals surface area contributed by atoms with Gasteiger partial charge in [0.2, 0.25) is 0 Å². The molecule has 0 fully saturated rings. The Bertz CT molecular complexity index is 241. The number of carbonyl (C=O) groups is 2. The minimum Gasteiger partial charge on any atom is -0.481 e. The third-order valence-electron chi connectivity index (χ3n) is 1.06. The van der Waals surface area contributed by atoms with E-state index in [0.717, 1.165) is 0 Å². The van der Waals surface area contributed by atoms with Crippen LogP contribution in [0.3, 0.4) is 0 Å². The number of hydrogen-bond acceptors (Lipinski definition) is 3. The van der Waals surface area contributed by atoms with E-state index in [2.05, 4.69) is 0 Å². The normalized spacial score (nSPS) is 12.8. The van der Waals surface area contributed by atoms with Gasteiger partial charge in [-0.1, -0.05) is 7.43 Å². The quantitative estimate of drug-likeness (QED) is 0.473. The number of aliphatic carboxylic acids is 2. The summed E-state index contributed by atoms with van der Waals surface area (Å²) in [5, 5.41) is 16.3. The van der Waals surface area contributed by atoms with Crippen molar-refractivity contribution >= 4 is 19.5 Å². The van der Waals surface area contributed by atoms with Crippen molar-refractivity contribution in [3.05, 3.63) is 0 Å². The molecule has 1 unspecified atom stereocenters. The largest absolute Gasteiger partial charge is 0.481 e. The zero-order chi connectivity index (χ0) is 9.94. The summed E-state index contributed by atoms with van der Waals surface area (Å²) >= 11 is 0. The number of hydrogen-bond donors (Lipinski definition) is 4. The Kier molecular flexibility index (Phi) is 5.57. The second kappa shape index (κ2) is 4.96. The molecule has 78 valence electrons. The molecule has 0 spiro atoms. The molecule has 13 heavy (non-hydrogen) atoms. The summed E-state index contributed by atoms with van der Waals surface area (Å²) in [6, 6.07) is 0. The van der Waals surface area contributed by atoms with E-state index < -0.39 is 31.6 Å². The second-order valence-electron chi connectivity index (χ2n) is 2.04. The molecule has 0 heterocycles. The molecule has 0 aromatic heterocycles. The van der Waals surface area contributed by atoms with Gasteiger partial charge in [0.1, 0.15) is 0 Å². The van der Waals surface area contributed by atoms with Crippen molar-refractivity contribution in [2.45, 2.75) is 19.5 Å². The molecule has 0 amide bonds. The zero-order valence-corrected chi connectivity index (χ0v) is 6.64. The van der Waals surface area contributed by atoms with E-state index in [1.807, 2.05) is 0 Å². The van der Waals surface area contributed by atoms with Crippen LogP contribution >= 0.6 is 7.60 Å². The average Bonchev–Trinajstić information content (AvgIpc) is 1.79. The van der Waals surface area contributed by atoms with Crippen molar-refractivity contribution in [3.8, 4) is 0 Å². The molecule has 0 saturated heterocycles. The molecule has 0 radical (unpaired) electrons. The summed E-state index contributed by atoms with van der Waals surface area (Å²) in [4.78, 5) is 36.8. The first-order valence-electron chi connectivity index (χ1n) is 2.75. The van der Waals surface area contributed by atoms with Crippen molar-refractivity contribution in [3.63, 3.8) is 0 Å². The summed E-state index contributed by atoms with van der Waals surface area (Å²) in [7, 11) is -4.87. The smallest absolute Gasteiger partial charge is 0.340 e. The lowest BCUT2D eigenvalue weighted by Gasteiger charge is -2.10. The molecule has 0 aliphatic heterocycles. The molecule has 0 saturated carbocycles. The highest BCUT2D eigenvalue weighted by Crippen LogP contribution is 2.42. The molecule has 0 aliphatic carbocycles. The van der Waals surface area contributed by atoms with Crippen LogP contribution in [0.15, 0.2) is 0 Å². The Morgan fingerprint density at radius 1 is 1.23 bits per heavy atom. The molecule has 0 aromatic rings. The predicted molar refractivity (Wildman–Crippen MR) is 42.5 cm³/mol. The SMILES string of the molecule is C.O=C(O)CC(C(=O)O)P(=O)(O)O. The molecule has 0 aromatic carbocycles. The fraction of sp³-hybridized carbons (Fsp3) is 0.600. The molecular weight excluding hydrogens is 203 g/mol. The van der Waals surface area contributed by atoms with Gasteiger partial charge in [0.25, 0.3) is 0 Å². The van der Waals surface area contributed by atoms with Gasteiger partial charge >= 0.3 is 19.5 Å². The van der Waals surface area contributed by atoms with E-state index in [0.29, 0.717) is 0 Å². The fourth-order valence-electron chi connectivity index (χ4n) is 0.515. The monoisotopic (exact) mass is 214 g/mol. The van der Waals surface area contributed by atoms with Crippen LogP contribution in [0.4, 0.5) is 0 Å². The van der Waals surface area contributed by atoms with Crippen LogP contribution in [0.25, 0.3) is 0 Å². The Hall–Kier alpha value is -0.910. The number of carboxylic acid groups (broad SMARTS) is 2. The Balaban J connectivity index is 0. The van der Waals surface area contributed by atoms with E-state index in [1.54, 1.807) is 0 Å². The van der Waals surface area contributed by atoms with Gasteiger partial charge < -0.3 is 20.0 Å². The van der Waals surface area contributed by atoms with Crippen molar-refractivity contribution in [2.24, 2.45) is 0 Å². The molecule has 7 nitrogen and oxygen atoms in total. The molecular formula is C5H11O7P. The third kappa shape index (κ3) is 5.35. The first kappa shape index (κ1) is 14.6. The number of rotatable bonds is 4. The molecule has 1 atom stereocenters. The summed E-state index contributed by atoms with van der Waals surface area (Å²) in [5.41, 5.74) is -2.16. The van der Waals surface area contributed by atoms with Crippen molar-refractivity contribution in [2.75, 3.05) is 0 Å². The summed E-state index contributed by atoms with van der Waals surface area (Å²) in [6.07, 6.45) is -1.08. The highest BCUT2D eigenvalue weighted by molar-refractivity contribution is 7.53. The average molecular weight is 214 g/mol. The molecule has 0 rings (SSSR count). The van der Waals surface area contributed by atoms with E-state index in [4.69, 9.17) is 20.0 Å². The maximum Gasteiger partial charge on any atom is 0.340 e. The van der Waals surface area contributed by atoms with E-state index in [-0.39, 0.29) is 7.43 Å². The minimum atomic E-state index is -4.87. The first-order chi connectivity index (χ1) is 5.25. The van der Waals surface area contributed by atoms with Gasteiger partial charge in [0.15, 0.2) is 5.66 Å². The molecule has 4 N–H and O–H groups in total. The van der Waals surface area contributed by atoms with Gasteiger partial charge in [-0.25, -0.2) is 0 Å². The summed E-state index contributed by atoms with van der Waals surface area (Å²) < 4.78 is 10.4. The third-order valence-corrected chi connectivity index (χ3v) is 2.27. The van der Waals surface area contributed by atoms with Crippen LogP contribution < -0.4 is 0 Å². The van der Waals surface area contributed by atoms with Gasteiger partial charge in [-0.3, -0.25) is 14.2 Å². The van der Waals surface area contributed by atoms with Crippen LogP contribution in [0.5, 0.6) is 0 Å². The predicted octanol–water partition coefficient (Wildman–Crippen LogP) is -0.272. The zero-order valence-electron chi connectivity index (χ0n) is 5.75. The second-order valence-corrected chi connectivity index (χ2v) is 3.84. The van der Waals surface area contributed by atoms with Crippen LogP contribution in [0.1, 0.15) is 13.8 Å². The van der Waals surface area contributed by atoms with Crippen molar-refractivity contribution in [1.82, 2.24) is 0 Å². The topological polar surface area (TPSA) is 132 Å². The Morgan fingerprint density at radius 2 is 1.62 bits per heavy atom. The molecule has 8 heteroatoms. The summed E-state index contributed by atoms with van der Waals surface area (Å²) in [5.74, 6) is -3.38. The standard InChI is InChI=1S/C4H7O7P.CH4/c5-3(6)1-2(4(7)8)12(9,10)11;/h2H,1H2,(H,5,6)(H,7,8)(H2,9,10,11);1H4. The van der Waals surface area contributed by atoms with E-state index >= 15 is 0 Å². The highest BCUT2D eigenvalue weighted by atomic mass is 31.2. The van der Waals surface area contributed by atoms with Crippen molar-refractivity contribution in [1.29, 1.82) is 0 Å². The van der Waals surface area contributed by atoms with Gasteiger partial charge in [0.05, 0.1) is 6.42 Å². The fourth-order valence-corrected chi connectivity index (χ4v) is 1.20. The molecule has 0 aliphatic rings. The van der Waals surface area contributed by atoms with Gasteiger partial charge in [0, 0.05) is 0 Å². The van der Waals surface area contributed by atoms with Crippen LogP contribution in [-0.4, -0.2) is 37.6 Å². The number of carboxylic acids is 2. The Morgan fingerprint density at radius 3 is 1.69 bits per heavy atom. The minimum absolute atomic E-state index is 0. The van der Waals surface area contributed by atoms with Crippen LogP contribution in [0, 0.1) is 0 Å². The van der Waals surface area contributed by atoms with E-state index in [9.17, 15) is 14.2 Å². The lowest BCUT2D eigenvalue weighted by Crippen LogP contribution is -2.23. The van der Waals surface area contributed by atoms with Gasteiger partial charge in [-0.15, -0.1) is 0 Å². The van der Waals surface area contributed by atoms with Crippen LogP contribution in [0.2, 0.25) is 0 Å². The first-order valence-corrected chi connectivity index (χ1v) is 4.43. The summed E-state index contributed by atoms with van der Waals surface area (Å²) in [6.45, 7) is 0.